The van der Waals surface area contributed by atoms with Gasteiger partial charge in [-0.1, -0.05) is 72.3 Å². The number of hydrogen-bond donors (Lipinski definition) is 0. The van der Waals surface area contributed by atoms with Gasteiger partial charge in [-0.2, -0.15) is 0 Å². The molecule has 0 aliphatic heterocycles. The van der Waals surface area contributed by atoms with Crippen LogP contribution in [0.15, 0.2) is 91.0 Å². The Bertz CT molecular complexity index is 1070. The monoisotopic (exact) mass is 294 g/mol. The molecule has 0 heterocycles. The third-order valence-electron chi connectivity index (χ3n) is 4.26. The summed E-state index contributed by atoms with van der Waals surface area (Å²) in [7, 11) is 0. The maximum atomic E-state index is 2.30. The zero-order chi connectivity index (χ0) is 15.6. The van der Waals surface area contributed by atoms with Crippen LogP contribution in [0, 0.1) is 6.92 Å². The van der Waals surface area contributed by atoms with Crippen LogP contribution in [0.3, 0.4) is 0 Å². The largest absolute Gasteiger partial charge is 0.0623 e. The van der Waals surface area contributed by atoms with Crippen molar-refractivity contribution in [1.82, 2.24) is 0 Å². The summed E-state index contributed by atoms with van der Waals surface area (Å²) in [5, 5.41) is 7.68. The molecule has 0 spiro atoms. The molecule has 110 valence electrons. The fourth-order valence-electron chi connectivity index (χ4n) is 3.08. The van der Waals surface area contributed by atoms with Crippen molar-refractivity contribution in [3.05, 3.63) is 96.6 Å². The molecule has 0 aromatic heterocycles. The van der Waals surface area contributed by atoms with Crippen LogP contribution in [0.1, 0.15) is 5.56 Å². The van der Waals surface area contributed by atoms with Gasteiger partial charge in [0, 0.05) is 0 Å². The Labute approximate surface area is 136 Å². The molecule has 0 atom stereocenters. The minimum atomic E-state index is 1.26. The first kappa shape index (κ1) is 13.8. The molecule has 0 N–H and O–H groups in total. The molecule has 0 saturated carbocycles. The maximum Gasteiger partial charge on any atom is -0.0171 e. The van der Waals surface area contributed by atoms with Crippen molar-refractivity contribution in [2.45, 2.75) is 6.92 Å². The lowest BCUT2D eigenvalue weighted by Gasteiger charge is -2.04. The molecule has 0 saturated heterocycles. The SMILES string of the molecule is Cc1ccccccc2cc3cc4ccccc4cc3cc2c1. The number of benzene rings is 3. The second-order valence-corrected chi connectivity index (χ2v) is 6.02. The average Bonchev–Trinajstić information content (AvgIpc) is 2.56. The summed E-state index contributed by atoms with van der Waals surface area (Å²) in [4.78, 5) is 0. The van der Waals surface area contributed by atoms with Crippen LogP contribution in [-0.4, -0.2) is 0 Å². The smallest absolute Gasteiger partial charge is 0.0171 e. The van der Waals surface area contributed by atoms with Gasteiger partial charge in [0.05, 0.1) is 0 Å². The highest BCUT2D eigenvalue weighted by Gasteiger charge is 2.00. The molecular formula is C23H18. The molecule has 0 aliphatic carbocycles. The number of rotatable bonds is 0. The number of fused-ring (bicyclic) bond motifs is 3. The van der Waals surface area contributed by atoms with E-state index in [0.29, 0.717) is 0 Å². The standard InChI is InChI=1S/C23H18/c1-17-8-4-2-3-5-9-20-15-22-13-18-10-6-7-11-19(18)14-23(22)16-21(20)12-17/h2-16H,1H3. The zero-order valence-electron chi connectivity index (χ0n) is 13.2. The Morgan fingerprint density at radius 3 is 1.39 bits per heavy atom. The van der Waals surface area contributed by atoms with E-state index in [1.54, 1.807) is 0 Å². The van der Waals surface area contributed by atoms with Crippen LogP contribution in [0.4, 0.5) is 0 Å². The predicted octanol–water partition coefficient (Wildman–Crippen LogP) is 6.58. The molecule has 0 bridgehead atoms. The molecule has 0 radical (unpaired) electrons. The van der Waals surface area contributed by atoms with E-state index in [4.69, 9.17) is 0 Å². The molecule has 4 rings (SSSR count). The second kappa shape index (κ2) is 5.73. The first-order valence-electron chi connectivity index (χ1n) is 7.96. The van der Waals surface area contributed by atoms with Crippen molar-refractivity contribution in [2.75, 3.05) is 0 Å². The molecule has 0 amide bonds. The van der Waals surface area contributed by atoms with Crippen LogP contribution in [0.5, 0.6) is 0 Å². The molecule has 0 unspecified atom stereocenters. The molecule has 0 nitrogen and oxygen atoms in total. The molecule has 0 aliphatic rings. The van der Waals surface area contributed by atoms with Crippen molar-refractivity contribution in [3.8, 4) is 0 Å². The summed E-state index contributed by atoms with van der Waals surface area (Å²) >= 11 is 0. The fraction of sp³-hybridized carbons (Fsp3) is 0.0435. The first-order valence-corrected chi connectivity index (χ1v) is 7.96. The highest BCUT2D eigenvalue weighted by atomic mass is 14.0. The summed E-state index contributed by atoms with van der Waals surface area (Å²) < 4.78 is 0. The van der Waals surface area contributed by atoms with Gasteiger partial charge >= 0.3 is 0 Å². The quantitative estimate of drug-likeness (QED) is 0.321. The van der Waals surface area contributed by atoms with E-state index in [9.17, 15) is 0 Å². The summed E-state index contributed by atoms with van der Waals surface area (Å²) in [5.41, 5.74) is 1.26. The lowest BCUT2D eigenvalue weighted by Crippen LogP contribution is -1.78. The number of aryl methyl sites for hydroxylation is 1. The van der Waals surface area contributed by atoms with Gasteiger partial charge in [0.15, 0.2) is 0 Å². The molecular weight excluding hydrogens is 276 g/mol. The van der Waals surface area contributed by atoms with E-state index < -0.39 is 0 Å². The van der Waals surface area contributed by atoms with Crippen molar-refractivity contribution >= 4 is 32.3 Å². The van der Waals surface area contributed by atoms with E-state index in [-0.39, 0.29) is 0 Å². The lowest BCUT2D eigenvalue weighted by molar-refractivity contribution is 1.51. The molecule has 23 heavy (non-hydrogen) atoms. The van der Waals surface area contributed by atoms with Crippen molar-refractivity contribution in [3.63, 3.8) is 0 Å². The summed E-state index contributed by atoms with van der Waals surface area (Å²) in [6.07, 6.45) is 0. The normalized spacial score (nSPS) is 10.8. The fourth-order valence-corrected chi connectivity index (χ4v) is 3.08. The summed E-state index contributed by atoms with van der Waals surface area (Å²) in [6.45, 7) is 2.14. The maximum absolute atomic E-state index is 2.30. The average molecular weight is 294 g/mol. The molecule has 4 aromatic rings. The van der Waals surface area contributed by atoms with Crippen molar-refractivity contribution in [1.29, 1.82) is 0 Å². The van der Waals surface area contributed by atoms with Gasteiger partial charge in [-0.15, -0.1) is 0 Å². The molecule has 4 aromatic carbocycles. The molecule has 0 heteroatoms. The van der Waals surface area contributed by atoms with Gasteiger partial charge in [-0.25, -0.2) is 0 Å². The highest BCUT2D eigenvalue weighted by molar-refractivity contribution is 6.04. The van der Waals surface area contributed by atoms with E-state index in [1.165, 1.54) is 37.9 Å². The summed E-state index contributed by atoms with van der Waals surface area (Å²) in [6, 6.07) is 32.6. The second-order valence-electron chi connectivity index (χ2n) is 6.02. The topological polar surface area (TPSA) is 0 Å². The van der Waals surface area contributed by atoms with E-state index in [2.05, 4.69) is 97.9 Å². The van der Waals surface area contributed by atoms with E-state index >= 15 is 0 Å². The first-order chi connectivity index (χ1) is 11.3. The Kier molecular flexibility index (Phi) is 3.44. The Morgan fingerprint density at radius 2 is 0.783 bits per heavy atom. The Morgan fingerprint density at radius 1 is 0.391 bits per heavy atom. The van der Waals surface area contributed by atoms with Gasteiger partial charge < -0.3 is 0 Å². The van der Waals surface area contributed by atoms with Gasteiger partial charge in [0.1, 0.15) is 0 Å². The van der Waals surface area contributed by atoms with Crippen LogP contribution in [-0.2, 0) is 0 Å². The van der Waals surface area contributed by atoms with Gasteiger partial charge in [-0.05, 0) is 63.5 Å². The lowest BCUT2D eigenvalue weighted by atomic mass is 10.00. The minimum Gasteiger partial charge on any atom is -0.0623 e. The third kappa shape index (κ3) is 2.76. The third-order valence-corrected chi connectivity index (χ3v) is 4.26. The van der Waals surface area contributed by atoms with Gasteiger partial charge in [0.2, 0.25) is 0 Å². The summed E-state index contributed by atoms with van der Waals surface area (Å²) in [5.74, 6) is 0. The van der Waals surface area contributed by atoms with Crippen LogP contribution >= 0.6 is 0 Å². The number of hydrogen-bond acceptors (Lipinski definition) is 0. The Hall–Kier alpha value is -2.86. The van der Waals surface area contributed by atoms with Crippen molar-refractivity contribution in [2.24, 2.45) is 0 Å². The predicted molar refractivity (Wildman–Crippen MR) is 101 cm³/mol. The van der Waals surface area contributed by atoms with Crippen LogP contribution in [0.25, 0.3) is 32.3 Å². The van der Waals surface area contributed by atoms with E-state index in [0.717, 1.165) is 0 Å². The van der Waals surface area contributed by atoms with Gasteiger partial charge in [0.25, 0.3) is 0 Å². The van der Waals surface area contributed by atoms with Crippen LogP contribution in [0.2, 0.25) is 0 Å². The highest BCUT2D eigenvalue weighted by Crippen LogP contribution is 2.26. The van der Waals surface area contributed by atoms with Crippen molar-refractivity contribution < 1.29 is 0 Å². The zero-order valence-corrected chi connectivity index (χ0v) is 13.2. The minimum absolute atomic E-state index is 1.26. The van der Waals surface area contributed by atoms with Crippen LogP contribution < -0.4 is 0 Å². The van der Waals surface area contributed by atoms with Gasteiger partial charge in [-0.3, -0.25) is 0 Å². The Balaban J connectivity index is 2.13. The molecule has 0 fully saturated rings. The van der Waals surface area contributed by atoms with E-state index in [1.807, 2.05) is 0 Å².